The third kappa shape index (κ3) is 10.9. The van der Waals surface area contributed by atoms with Crippen LogP contribution in [0.2, 0.25) is 0 Å². The van der Waals surface area contributed by atoms with Crippen LogP contribution in [0.5, 0.6) is 0 Å². The van der Waals surface area contributed by atoms with E-state index in [2.05, 4.69) is 37.9 Å². The molecule has 0 spiro atoms. The van der Waals surface area contributed by atoms with E-state index >= 15 is 0 Å². The fourth-order valence-corrected chi connectivity index (χ4v) is 4.99. The van der Waals surface area contributed by atoms with E-state index in [9.17, 15) is 14.4 Å². The molecule has 1 saturated carbocycles. The van der Waals surface area contributed by atoms with E-state index in [1.165, 1.54) is 4.68 Å². The average molecular weight is 578 g/mol. The molecule has 10 nitrogen and oxygen atoms in total. The maximum atomic E-state index is 13.3. The van der Waals surface area contributed by atoms with Gasteiger partial charge in [-0.05, 0) is 79.2 Å². The normalized spacial score (nSPS) is 19.3. The molecule has 0 bridgehead atoms. The van der Waals surface area contributed by atoms with Crippen molar-refractivity contribution in [3.05, 3.63) is 17.5 Å². The third-order valence-corrected chi connectivity index (χ3v) is 7.35. The molecule has 10 heteroatoms. The highest BCUT2D eigenvalue weighted by molar-refractivity contribution is 5.79. The zero-order chi connectivity index (χ0) is 31.3. The second-order valence-electron chi connectivity index (χ2n) is 14.8. The Balaban J connectivity index is 2.27. The summed E-state index contributed by atoms with van der Waals surface area (Å²) >= 11 is 0. The minimum Gasteiger partial charge on any atom is -0.444 e. The molecule has 0 radical (unpaired) electrons. The van der Waals surface area contributed by atoms with Gasteiger partial charge in [-0.25, -0.2) is 9.59 Å². The molecule has 2 amide bonds. The van der Waals surface area contributed by atoms with Crippen LogP contribution in [0.3, 0.4) is 0 Å². The number of carbonyl (C=O) groups is 3. The molecule has 41 heavy (non-hydrogen) atoms. The third-order valence-electron chi connectivity index (χ3n) is 7.35. The first kappa shape index (κ1) is 34.6. The highest BCUT2D eigenvalue weighted by Gasteiger charge is 2.42. The molecule has 1 heterocycles. The molecule has 1 aromatic rings. The molecule has 234 valence electrons. The van der Waals surface area contributed by atoms with E-state index < -0.39 is 17.3 Å². The van der Waals surface area contributed by atoms with Gasteiger partial charge in [-0.15, -0.1) is 0 Å². The van der Waals surface area contributed by atoms with Gasteiger partial charge in [0.2, 0.25) is 5.91 Å². The topological polar surface area (TPSA) is 106 Å². The van der Waals surface area contributed by atoms with Crippen molar-refractivity contribution >= 4 is 18.1 Å². The van der Waals surface area contributed by atoms with Gasteiger partial charge in [-0.1, -0.05) is 27.7 Å². The van der Waals surface area contributed by atoms with Gasteiger partial charge >= 0.3 is 12.2 Å². The van der Waals surface area contributed by atoms with Crippen LogP contribution >= 0.6 is 0 Å². The van der Waals surface area contributed by atoms with Gasteiger partial charge in [0.25, 0.3) is 0 Å². The number of hydrogen-bond donors (Lipinski definition) is 1. The Morgan fingerprint density at radius 1 is 1.07 bits per heavy atom. The van der Waals surface area contributed by atoms with Crippen molar-refractivity contribution in [3.63, 3.8) is 0 Å². The number of nitrogens with zero attached hydrogens (tertiary/aromatic N) is 4. The van der Waals surface area contributed by atoms with Crippen LogP contribution in [0.4, 0.5) is 9.59 Å². The molecule has 1 aliphatic carbocycles. The van der Waals surface area contributed by atoms with Gasteiger partial charge in [0.1, 0.15) is 11.2 Å². The highest BCUT2D eigenvalue weighted by Crippen LogP contribution is 2.47. The highest BCUT2D eigenvalue weighted by atomic mass is 16.6. The summed E-state index contributed by atoms with van der Waals surface area (Å²) in [5.41, 5.74) is 0.417. The average Bonchev–Trinajstić information content (AvgIpc) is 3.22. The number of likely N-dealkylation sites (N-methyl/N-ethyl adjacent to an activating group) is 2. The maximum absolute atomic E-state index is 13.3. The number of nitrogens with one attached hydrogen (secondary N) is 1. The lowest BCUT2D eigenvalue weighted by Gasteiger charge is -2.41. The Bertz CT molecular complexity index is 1050. The summed E-state index contributed by atoms with van der Waals surface area (Å²) in [5.74, 6) is 0.348. The quantitative estimate of drug-likeness (QED) is 0.404. The van der Waals surface area contributed by atoms with Crippen molar-refractivity contribution in [2.45, 2.75) is 112 Å². The van der Waals surface area contributed by atoms with E-state index in [4.69, 9.17) is 14.6 Å². The van der Waals surface area contributed by atoms with E-state index in [0.717, 1.165) is 24.1 Å². The summed E-state index contributed by atoms with van der Waals surface area (Å²) in [6, 6.07) is 0. The van der Waals surface area contributed by atoms with Crippen LogP contribution in [0.25, 0.3) is 0 Å². The summed E-state index contributed by atoms with van der Waals surface area (Å²) in [6.45, 7) is 21.8. The lowest BCUT2D eigenvalue weighted by molar-refractivity contribution is -0.130. The lowest BCUT2D eigenvalue weighted by Crippen LogP contribution is -2.43. The first-order valence-electron chi connectivity index (χ1n) is 14.9. The van der Waals surface area contributed by atoms with Gasteiger partial charge in [-0.3, -0.25) is 4.79 Å². The molecular formula is C31H55N5O5. The molecule has 2 atom stereocenters. The van der Waals surface area contributed by atoms with Crippen LogP contribution in [0.15, 0.2) is 6.20 Å². The summed E-state index contributed by atoms with van der Waals surface area (Å²) in [5, 5.41) is 7.89. The molecule has 1 fully saturated rings. The fourth-order valence-electron chi connectivity index (χ4n) is 4.99. The number of amides is 2. The van der Waals surface area contributed by atoms with Crippen LogP contribution in [-0.2, 0) is 20.8 Å². The van der Waals surface area contributed by atoms with Gasteiger partial charge in [-0.2, -0.15) is 9.78 Å². The maximum Gasteiger partial charge on any atom is 0.435 e. The second kappa shape index (κ2) is 13.6. The van der Waals surface area contributed by atoms with E-state index in [-0.39, 0.29) is 29.3 Å². The Kier molecular flexibility index (Phi) is 11.4. The Morgan fingerprint density at radius 2 is 1.68 bits per heavy atom. The largest absolute Gasteiger partial charge is 0.444 e. The van der Waals surface area contributed by atoms with Gasteiger partial charge in [0.05, 0.1) is 5.69 Å². The predicted octanol–water partition coefficient (Wildman–Crippen LogP) is 5.65. The SMILES string of the molecule is CC(C)CNC(=O)[C@H]1CC(c2nn(C(=O)OC(C)(C)C)cc2CN(C)CCN(C)C(=O)OC(C)(C)C)CCC1(C)C. The van der Waals surface area contributed by atoms with Crippen LogP contribution in [-0.4, -0.2) is 82.6 Å². The molecule has 1 aromatic heterocycles. The molecule has 0 saturated heterocycles. The number of ether oxygens (including phenoxy) is 2. The first-order valence-corrected chi connectivity index (χ1v) is 14.9. The monoisotopic (exact) mass is 577 g/mol. The van der Waals surface area contributed by atoms with Crippen molar-refractivity contribution in [2.75, 3.05) is 33.7 Å². The Morgan fingerprint density at radius 3 is 2.24 bits per heavy atom. The number of rotatable bonds is 9. The fraction of sp³-hybridized carbons (Fsp3) is 0.806. The smallest absolute Gasteiger partial charge is 0.435 e. The van der Waals surface area contributed by atoms with Crippen molar-refractivity contribution < 1.29 is 23.9 Å². The number of hydrogen-bond acceptors (Lipinski definition) is 7. The molecule has 1 N–H and O–H groups in total. The zero-order valence-electron chi connectivity index (χ0n) is 27.6. The van der Waals surface area contributed by atoms with Crippen molar-refractivity contribution in [1.29, 1.82) is 0 Å². The zero-order valence-corrected chi connectivity index (χ0v) is 27.6. The Labute approximate surface area is 247 Å². The van der Waals surface area contributed by atoms with E-state index in [1.54, 1.807) is 18.1 Å². The molecule has 2 rings (SSSR count). The van der Waals surface area contributed by atoms with Crippen LogP contribution in [0, 0.1) is 17.3 Å². The minimum atomic E-state index is -0.652. The standard InChI is InChI=1S/C31H55N5O5/c1-21(2)18-32-26(37)24-17-22(13-14-31(24,9)10)25-23(20-36(33-25)28(39)41-30(6,7)8)19-34(11)15-16-35(12)27(38)40-29(3,4)5/h20-22,24H,13-19H2,1-12H3,(H,32,37)/t22?,24-/m1/s1. The van der Waals surface area contributed by atoms with E-state index in [1.807, 2.05) is 48.6 Å². The molecule has 0 aliphatic heterocycles. The van der Waals surface area contributed by atoms with Gasteiger partial charge < -0.3 is 24.6 Å². The summed E-state index contributed by atoms with van der Waals surface area (Å²) in [4.78, 5) is 42.3. The van der Waals surface area contributed by atoms with E-state index in [0.29, 0.717) is 38.5 Å². The summed E-state index contributed by atoms with van der Waals surface area (Å²) < 4.78 is 12.4. The van der Waals surface area contributed by atoms with Crippen LogP contribution in [0.1, 0.15) is 106 Å². The Hall–Kier alpha value is -2.62. The van der Waals surface area contributed by atoms with Crippen molar-refractivity contribution in [3.8, 4) is 0 Å². The first-order chi connectivity index (χ1) is 18.7. The molecule has 0 aromatic carbocycles. The number of aromatic nitrogens is 2. The summed E-state index contributed by atoms with van der Waals surface area (Å²) in [7, 11) is 3.70. The number of carbonyl (C=O) groups excluding carboxylic acids is 3. The van der Waals surface area contributed by atoms with Gasteiger partial charge in [0, 0.05) is 56.8 Å². The second-order valence-corrected chi connectivity index (χ2v) is 14.8. The van der Waals surface area contributed by atoms with Gasteiger partial charge in [0.15, 0.2) is 0 Å². The lowest BCUT2D eigenvalue weighted by atomic mass is 9.64. The molecular weight excluding hydrogens is 522 g/mol. The summed E-state index contributed by atoms with van der Waals surface area (Å²) in [6.07, 6.45) is 3.29. The molecule has 1 aliphatic rings. The minimum absolute atomic E-state index is 0.0364. The molecule has 1 unspecified atom stereocenters. The van der Waals surface area contributed by atoms with Crippen LogP contribution < -0.4 is 5.32 Å². The van der Waals surface area contributed by atoms with Crippen molar-refractivity contribution in [2.24, 2.45) is 17.3 Å². The predicted molar refractivity (Wildman–Crippen MR) is 161 cm³/mol. The van der Waals surface area contributed by atoms with Crippen molar-refractivity contribution in [1.82, 2.24) is 24.9 Å².